The quantitative estimate of drug-likeness (QED) is 0.307. The third-order valence-corrected chi connectivity index (χ3v) is 16.1. The van der Waals surface area contributed by atoms with Crippen molar-refractivity contribution < 1.29 is 27.4 Å². The molecule has 308 valence electrons. The number of carbonyl (C=O) groups excluding carboxylic acids is 1. The van der Waals surface area contributed by atoms with Gasteiger partial charge in [-0.05, 0) is 125 Å². The Morgan fingerprint density at radius 1 is 1.07 bits per heavy atom. The topological polar surface area (TPSA) is 101 Å². The van der Waals surface area contributed by atoms with Crippen LogP contribution in [0.25, 0.3) is 0 Å². The molecule has 0 radical (unpaired) electrons. The zero-order chi connectivity index (χ0) is 39.8. The van der Waals surface area contributed by atoms with Gasteiger partial charge in [0.25, 0.3) is 5.91 Å². The molecule has 7 atom stereocenters. The molecule has 7 rings (SSSR count). The van der Waals surface area contributed by atoms with Crippen molar-refractivity contribution in [3.05, 3.63) is 70.3 Å². The molecular weight excluding hydrogens is 748 g/mol. The Morgan fingerprint density at radius 2 is 1.89 bits per heavy atom. The first-order chi connectivity index (χ1) is 26.8. The van der Waals surface area contributed by atoms with Gasteiger partial charge in [0, 0.05) is 88.2 Å². The highest BCUT2D eigenvalue weighted by atomic mass is 35.5. The van der Waals surface area contributed by atoms with Crippen LogP contribution >= 0.6 is 11.6 Å². The first-order valence-electron chi connectivity index (χ1n) is 20.8. The maximum Gasteiger partial charge on any atom is 0.264 e. The second kappa shape index (κ2) is 16.9. The standard InChI is InChI=1S/C44H63ClN4O6S/c1-30(2)49-21-20-47(25-32(49)4)28-44(54-6)19-7-9-31(3)41(17-22-53-5)56(51,52)46-42(50)34-12-16-40-39(24-34)48(26-35-11-14-38(35)44)27-43(29-55-40)18-8-10-33-23-36(45)13-15-37(33)43/h7,12-13,15-16,19,23-24,30-32,35,38,41H,8-11,14,17-18,20-22,25-29H2,1-6H3,(H,46,50)/b19-7+/t31-,32+,35-,38+,41+,43-,44-/m0/s1. The van der Waals surface area contributed by atoms with E-state index in [4.69, 9.17) is 25.8 Å². The lowest BCUT2D eigenvalue weighted by molar-refractivity contribution is -0.0992. The van der Waals surface area contributed by atoms with E-state index in [1.807, 2.05) is 32.2 Å². The van der Waals surface area contributed by atoms with Gasteiger partial charge in [0.2, 0.25) is 10.0 Å². The van der Waals surface area contributed by atoms with Crippen LogP contribution in [0.15, 0.2) is 48.6 Å². The fourth-order valence-electron chi connectivity index (χ4n) is 10.7. The molecule has 0 unspecified atom stereocenters. The molecule has 2 fully saturated rings. The number of fused-ring (bicyclic) bond motifs is 4. The van der Waals surface area contributed by atoms with Crippen molar-refractivity contribution in [3.8, 4) is 5.75 Å². The minimum Gasteiger partial charge on any atom is -0.490 e. The van der Waals surface area contributed by atoms with Crippen LogP contribution in [0.1, 0.15) is 87.7 Å². The van der Waals surface area contributed by atoms with E-state index in [0.717, 1.165) is 75.5 Å². The number of piperazine rings is 1. The van der Waals surface area contributed by atoms with Gasteiger partial charge in [0.05, 0.1) is 17.5 Å². The molecule has 2 aromatic carbocycles. The van der Waals surface area contributed by atoms with E-state index in [-0.39, 0.29) is 30.3 Å². The number of ether oxygens (including phenoxy) is 3. The molecule has 1 N–H and O–H groups in total. The summed E-state index contributed by atoms with van der Waals surface area (Å²) in [7, 11) is -0.637. The predicted octanol–water partition coefficient (Wildman–Crippen LogP) is 6.70. The van der Waals surface area contributed by atoms with E-state index in [2.05, 4.69) is 64.5 Å². The maximum absolute atomic E-state index is 14.1. The van der Waals surface area contributed by atoms with Gasteiger partial charge in [-0.2, -0.15) is 0 Å². The number of halogens is 1. The summed E-state index contributed by atoms with van der Waals surface area (Å²) in [6, 6.07) is 12.6. The highest BCUT2D eigenvalue weighted by Crippen LogP contribution is 2.49. The number of rotatable bonds is 7. The lowest BCUT2D eigenvalue weighted by Crippen LogP contribution is -2.61. The number of nitrogens with zero attached hydrogens (tertiary/aromatic N) is 3. The Hall–Kier alpha value is -2.67. The van der Waals surface area contributed by atoms with Crippen molar-refractivity contribution in [2.45, 2.75) is 101 Å². The first-order valence-corrected chi connectivity index (χ1v) is 22.8. The maximum atomic E-state index is 14.1. The molecule has 5 aliphatic rings. The minimum absolute atomic E-state index is 0.242. The summed E-state index contributed by atoms with van der Waals surface area (Å²) in [5.74, 6) is 0.365. The molecule has 3 aliphatic heterocycles. The van der Waals surface area contributed by atoms with Gasteiger partial charge >= 0.3 is 0 Å². The summed E-state index contributed by atoms with van der Waals surface area (Å²) in [6.07, 6.45) is 10.3. The van der Waals surface area contributed by atoms with Crippen LogP contribution in [0.2, 0.25) is 5.02 Å². The second-order valence-electron chi connectivity index (χ2n) is 17.7. The normalized spacial score (nSPS) is 33.1. The molecule has 1 saturated heterocycles. The van der Waals surface area contributed by atoms with E-state index >= 15 is 0 Å². The average molecular weight is 812 g/mol. The van der Waals surface area contributed by atoms with E-state index in [9.17, 15) is 13.2 Å². The van der Waals surface area contributed by atoms with Crippen LogP contribution < -0.4 is 14.4 Å². The summed E-state index contributed by atoms with van der Waals surface area (Å²) in [6.45, 7) is 14.8. The SMILES string of the molecule is COCC[C@@H]1[C@@H](C)C/C=C/[C@@](CN2CCN(C(C)C)[C@H](C)C2)(OC)[C@@H]2CC[C@H]2CN2C[C@@]3(CCCc4cc(Cl)ccc43)COc3ccc(cc32)C(=O)NS1(=O)=O. The van der Waals surface area contributed by atoms with Crippen LogP contribution in [0.5, 0.6) is 5.75 Å². The summed E-state index contributed by atoms with van der Waals surface area (Å²) < 4.78 is 49.5. The lowest BCUT2D eigenvalue weighted by atomic mass is 9.63. The van der Waals surface area contributed by atoms with Crippen molar-refractivity contribution in [3.63, 3.8) is 0 Å². The molecule has 1 spiro atoms. The van der Waals surface area contributed by atoms with Crippen molar-refractivity contribution >= 4 is 33.2 Å². The Balaban J connectivity index is 1.31. The molecule has 2 aromatic rings. The third-order valence-electron chi connectivity index (χ3n) is 13.9. The molecule has 3 heterocycles. The number of hydrogen-bond donors (Lipinski definition) is 1. The Kier molecular flexibility index (Phi) is 12.5. The number of methoxy groups -OCH3 is 2. The molecule has 12 heteroatoms. The number of anilines is 1. The zero-order valence-corrected chi connectivity index (χ0v) is 35.8. The minimum atomic E-state index is -4.07. The Bertz CT molecular complexity index is 1870. The van der Waals surface area contributed by atoms with Gasteiger partial charge < -0.3 is 19.1 Å². The van der Waals surface area contributed by atoms with Gasteiger partial charge in [-0.25, -0.2) is 13.1 Å². The van der Waals surface area contributed by atoms with Crippen molar-refractivity contribution in [1.29, 1.82) is 0 Å². The number of amides is 1. The van der Waals surface area contributed by atoms with Gasteiger partial charge in [-0.1, -0.05) is 36.7 Å². The number of carbonyl (C=O) groups is 1. The van der Waals surface area contributed by atoms with E-state index in [1.165, 1.54) is 11.1 Å². The van der Waals surface area contributed by atoms with E-state index in [0.29, 0.717) is 48.9 Å². The highest BCUT2D eigenvalue weighted by molar-refractivity contribution is 7.90. The first kappa shape index (κ1) is 41.5. The number of nitrogens with one attached hydrogen (secondary N) is 1. The number of sulfonamides is 1. The van der Waals surface area contributed by atoms with Gasteiger partial charge in [0.1, 0.15) is 11.4 Å². The van der Waals surface area contributed by atoms with Gasteiger partial charge in [0.15, 0.2) is 0 Å². The van der Waals surface area contributed by atoms with Crippen LogP contribution in [-0.4, -0.2) is 114 Å². The van der Waals surface area contributed by atoms with Gasteiger partial charge in [-0.15, -0.1) is 0 Å². The van der Waals surface area contributed by atoms with Crippen LogP contribution in [0, 0.1) is 17.8 Å². The number of hydrogen-bond acceptors (Lipinski definition) is 9. The third kappa shape index (κ3) is 8.28. The Morgan fingerprint density at radius 3 is 2.61 bits per heavy atom. The molecule has 56 heavy (non-hydrogen) atoms. The molecule has 10 nitrogen and oxygen atoms in total. The van der Waals surface area contributed by atoms with E-state index in [1.54, 1.807) is 13.2 Å². The zero-order valence-electron chi connectivity index (χ0n) is 34.3. The summed E-state index contributed by atoms with van der Waals surface area (Å²) in [5.41, 5.74) is 2.83. The molecule has 0 aromatic heterocycles. The monoisotopic (exact) mass is 810 g/mol. The van der Waals surface area contributed by atoms with Crippen molar-refractivity contribution in [2.75, 3.05) is 71.6 Å². The van der Waals surface area contributed by atoms with Crippen molar-refractivity contribution in [2.24, 2.45) is 17.8 Å². The number of allylic oxidation sites excluding steroid dienone is 1. The second-order valence-corrected chi connectivity index (χ2v) is 20.1. The Labute approximate surface area is 340 Å². The molecule has 2 bridgehead atoms. The molecule has 2 aliphatic carbocycles. The highest BCUT2D eigenvalue weighted by Gasteiger charge is 2.50. The van der Waals surface area contributed by atoms with E-state index < -0.39 is 26.8 Å². The van der Waals surface area contributed by atoms with Crippen LogP contribution in [0.4, 0.5) is 5.69 Å². The molecule has 1 amide bonds. The molecule has 1 saturated carbocycles. The average Bonchev–Trinajstić information content (AvgIpc) is 3.29. The molecular formula is C44H63ClN4O6S. The fourth-order valence-corrected chi connectivity index (χ4v) is 12.6. The fraction of sp³-hybridized carbons (Fsp3) is 0.659. The van der Waals surface area contributed by atoms with Crippen LogP contribution in [-0.2, 0) is 31.3 Å². The van der Waals surface area contributed by atoms with Crippen LogP contribution in [0.3, 0.4) is 0 Å². The van der Waals surface area contributed by atoms with Crippen molar-refractivity contribution in [1.82, 2.24) is 14.5 Å². The summed E-state index contributed by atoms with van der Waals surface area (Å²) in [4.78, 5) is 21.5. The predicted molar refractivity (Wildman–Crippen MR) is 224 cm³/mol. The number of aryl methyl sites for hydroxylation is 1. The largest absolute Gasteiger partial charge is 0.490 e. The lowest BCUT2D eigenvalue weighted by Gasteiger charge is -2.53. The number of benzene rings is 2. The summed E-state index contributed by atoms with van der Waals surface area (Å²) in [5, 5.41) is -0.0860. The summed E-state index contributed by atoms with van der Waals surface area (Å²) >= 11 is 6.53. The van der Waals surface area contributed by atoms with Gasteiger partial charge in [-0.3, -0.25) is 14.6 Å². The smallest absolute Gasteiger partial charge is 0.264 e.